The van der Waals surface area contributed by atoms with Gasteiger partial charge in [-0.1, -0.05) is 24.3 Å². The van der Waals surface area contributed by atoms with Gasteiger partial charge in [0.15, 0.2) is 0 Å². The van der Waals surface area contributed by atoms with Gasteiger partial charge in [-0.05, 0) is 29.8 Å². The second kappa shape index (κ2) is 6.50. The van der Waals surface area contributed by atoms with E-state index in [9.17, 15) is 9.65 Å². The van der Waals surface area contributed by atoms with Crippen LogP contribution < -0.4 is 15.2 Å². The monoisotopic (exact) mass is 362 g/mol. The Morgan fingerprint density at radius 3 is 2.81 bits per heavy atom. The lowest BCUT2D eigenvalue weighted by Gasteiger charge is -2.24. The minimum Gasteiger partial charge on any atom is -0.497 e. The van der Waals surface area contributed by atoms with Crippen molar-refractivity contribution in [2.45, 2.75) is 5.92 Å². The van der Waals surface area contributed by atoms with Crippen LogP contribution in [-0.4, -0.2) is 17.3 Å². The fourth-order valence-electron chi connectivity index (χ4n) is 3.27. The van der Waals surface area contributed by atoms with E-state index in [-0.39, 0.29) is 17.3 Å². The van der Waals surface area contributed by atoms with Crippen LogP contribution in [0.2, 0.25) is 0 Å². The third-order valence-electron chi connectivity index (χ3n) is 4.51. The summed E-state index contributed by atoms with van der Waals surface area (Å²) in [5.74, 6) is -0.147. The van der Waals surface area contributed by atoms with Gasteiger partial charge in [0.2, 0.25) is 11.8 Å². The quantitative estimate of drug-likeness (QED) is 0.744. The molecule has 0 amide bonds. The largest absolute Gasteiger partial charge is 0.497 e. The smallest absolute Gasteiger partial charge is 0.244 e. The van der Waals surface area contributed by atoms with Crippen LogP contribution in [0, 0.1) is 17.1 Å². The van der Waals surface area contributed by atoms with E-state index in [1.54, 1.807) is 31.4 Å². The number of aromatic amines is 1. The number of H-pyrrole nitrogens is 1. The molecule has 7 heteroatoms. The Labute approximate surface area is 154 Å². The SMILES string of the molecule is COc1cccc(C2C(C#N)=C(N)Oc3n[nH]c(-c4ccccc4F)c32)c1. The summed E-state index contributed by atoms with van der Waals surface area (Å²) in [6.45, 7) is 0. The molecule has 1 aliphatic heterocycles. The molecule has 0 spiro atoms. The highest BCUT2D eigenvalue weighted by Gasteiger charge is 2.36. The van der Waals surface area contributed by atoms with Gasteiger partial charge in [-0.3, -0.25) is 5.10 Å². The number of nitrogens with one attached hydrogen (secondary N) is 1. The van der Waals surface area contributed by atoms with Crippen LogP contribution in [-0.2, 0) is 0 Å². The molecule has 1 aliphatic rings. The van der Waals surface area contributed by atoms with E-state index in [0.717, 1.165) is 5.56 Å². The number of nitrogens with zero attached hydrogens (tertiary/aromatic N) is 2. The van der Waals surface area contributed by atoms with Crippen LogP contribution in [0.5, 0.6) is 11.6 Å². The van der Waals surface area contributed by atoms with Crippen molar-refractivity contribution in [3.05, 3.63) is 76.9 Å². The summed E-state index contributed by atoms with van der Waals surface area (Å²) < 4.78 is 25.2. The standard InChI is InChI=1S/C20H15FN4O2/c1-26-12-6-4-5-11(9-12)16-14(10-22)19(23)27-20-17(16)18(24-25-20)13-7-2-3-8-15(13)21/h2-9,16H,23H2,1H3,(H,24,25). The zero-order chi connectivity index (χ0) is 19.0. The molecule has 4 rings (SSSR count). The molecule has 2 aromatic carbocycles. The predicted molar refractivity (Wildman–Crippen MR) is 96.3 cm³/mol. The molecule has 1 unspecified atom stereocenters. The van der Waals surface area contributed by atoms with Crippen molar-refractivity contribution in [3.8, 4) is 29.0 Å². The first-order valence-corrected chi connectivity index (χ1v) is 8.18. The summed E-state index contributed by atoms with van der Waals surface area (Å²) in [6.07, 6.45) is 0. The van der Waals surface area contributed by atoms with E-state index in [1.165, 1.54) is 6.07 Å². The second-order valence-electron chi connectivity index (χ2n) is 6.00. The third-order valence-corrected chi connectivity index (χ3v) is 4.51. The van der Waals surface area contributed by atoms with Crippen LogP contribution in [0.25, 0.3) is 11.3 Å². The van der Waals surface area contributed by atoms with Crippen LogP contribution >= 0.6 is 0 Å². The molecule has 3 N–H and O–H groups in total. The molecule has 27 heavy (non-hydrogen) atoms. The van der Waals surface area contributed by atoms with Crippen molar-refractivity contribution in [2.24, 2.45) is 5.73 Å². The van der Waals surface area contributed by atoms with Crippen LogP contribution in [0.4, 0.5) is 4.39 Å². The molecule has 134 valence electrons. The fourth-order valence-corrected chi connectivity index (χ4v) is 3.27. The number of allylic oxidation sites excluding steroid dienone is 1. The van der Waals surface area contributed by atoms with Gasteiger partial charge >= 0.3 is 0 Å². The Hall–Kier alpha value is -3.79. The maximum Gasteiger partial charge on any atom is 0.244 e. The average molecular weight is 362 g/mol. The number of aromatic nitrogens is 2. The Balaban J connectivity index is 1.97. The minimum atomic E-state index is -0.567. The Morgan fingerprint density at radius 1 is 1.26 bits per heavy atom. The number of ether oxygens (including phenoxy) is 2. The van der Waals surface area contributed by atoms with E-state index in [4.69, 9.17) is 15.2 Å². The maximum atomic E-state index is 14.4. The summed E-state index contributed by atoms with van der Waals surface area (Å²) in [5, 5.41) is 16.7. The minimum absolute atomic E-state index is 0.0237. The highest BCUT2D eigenvalue weighted by molar-refractivity contribution is 5.71. The number of nitriles is 1. The number of hydrogen-bond acceptors (Lipinski definition) is 5. The van der Waals surface area contributed by atoms with Crippen LogP contribution in [0.15, 0.2) is 60.0 Å². The third kappa shape index (κ3) is 2.68. The summed E-state index contributed by atoms with van der Waals surface area (Å²) in [7, 11) is 1.56. The second-order valence-corrected chi connectivity index (χ2v) is 6.00. The molecule has 0 saturated carbocycles. The highest BCUT2D eigenvalue weighted by atomic mass is 19.1. The Morgan fingerprint density at radius 2 is 2.07 bits per heavy atom. The summed E-state index contributed by atoms with van der Waals surface area (Å²) in [6, 6.07) is 15.7. The van der Waals surface area contributed by atoms with Crippen molar-refractivity contribution < 1.29 is 13.9 Å². The topological polar surface area (TPSA) is 96.9 Å². The Kier molecular flexibility index (Phi) is 4.01. The van der Waals surface area contributed by atoms with Gasteiger partial charge in [-0.25, -0.2) is 4.39 Å². The van der Waals surface area contributed by atoms with Crippen molar-refractivity contribution >= 4 is 0 Å². The van der Waals surface area contributed by atoms with Crippen LogP contribution in [0.3, 0.4) is 0 Å². The van der Waals surface area contributed by atoms with E-state index >= 15 is 0 Å². The van der Waals surface area contributed by atoms with Crippen molar-refractivity contribution in [1.82, 2.24) is 10.2 Å². The molecule has 2 heterocycles. The van der Waals surface area contributed by atoms with E-state index < -0.39 is 11.7 Å². The molecule has 0 radical (unpaired) electrons. The number of hydrogen-bond donors (Lipinski definition) is 2. The lowest BCUT2D eigenvalue weighted by molar-refractivity contribution is 0.378. The lowest BCUT2D eigenvalue weighted by atomic mass is 9.83. The molecule has 1 atom stereocenters. The van der Waals surface area contributed by atoms with Crippen molar-refractivity contribution in [1.29, 1.82) is 5.26 Å². The highest BCUT2D eigenvalue weighted by Crippen LogP contribution is 2.46. The molecular weight excluding hydrogens is 347 g/mol. The van der Waals surface area contributed by atoms with Gasteiger partial charge in [0.25, 0.3) is 0 Å². The molecule has 0 bridgehead atoms. The Bertz CT molecular complexity index is 1100. The van der Waals surface area contributed by atoms with Crippen LogP contribution in [0.1, 0.15) is 17.0 Å². The normalized spacial score (nSPS) is 15.7. The van der Waals surface area contributed by atoms with E-state index in [2.05, 4.69) is 16.3 Å². The first kappa shape index (κ1) is 16.7. The lowest BCUT2D eigenvalue weighted by Crippen LogP contribution is -2.21. The molecule has 0 saturated heterocycles. The first-order chi connectivity index (χ1) is 13.1. The number of nitrogens with two attached hydrogens (primary N) is 1. The number of fused-ring (bicyclic) bond motifs is 1. The molecule has 0 fully saturated rings. The average Bonchev–Trinajstić information content (AvgIpc) is 3.10. The van der Waals surface area contributed by atoms with Gasteiger partial charge in [-0.2, -0.15) is 5.26 Å². The van der Waals surface area contributed by atoms with E-state index in [1.807, 2.05) is 18.2 Å². The van der Waals surface area contributed by atoms with Crippen molar-refractivity contribution in [2.75, 3.05) is 7.11 Å². The van der Waals surface area contributed by atoms with Gasteiger partial charge in [-0.15, -0.1) is 5.10 Å². The van der Waals surface area contributed by atoms with Gasteiger partial charge in [0.1, 0.15) is 23.2 Å². The zero-order valence-corrected chi connectivity index (χ0v) is 14.4. The van der Waals surface area contributed by atoms with E-state index in [0.29, 0.717) is 22.6 Å². The van der Waals surface area contributed by atoms with Crippen molar-refractivity contribution in [3.63, 3.8) is 0 Å². The number of rotatable bonds is 3. The summed E-state index contributed by atoms with van der Waals surface area (Å²) >= 11 is 0. The molecule has 1 aromatic heterocycles. The first-order valence-electron chi connectivity index (χ1n) is 8.18. The van der Waals surface area contributed by atoms with Gasteiger partial charge in [0, 0.05) is 5.56 Å². The molecular formula is C20H15FN4O2. The zero-order valence-electron chi connectivity index (χ0n) is 14.4. The van der Waals surface area contributed by atoms with Gasteiger partial charge in [0.05, 0.1) is 24.3 Å². The maximum absolute atomic E-state index is 14.4. The summed E-state index contributed by atoms with van der Waals surface area (Å²) in [4.78, 5) is 0. The number of methoxy groups -OCH3 is 1. The molecule has 3 aromatic rings. The molecule has 6 nitrogen and oxygen atoms in total. The fraction of sp³-hybridized carbons (Fsp3) is 0.100. The van der Waals surface area contributed by atoms with Gasteiger partial charge < -0.3 is 15.2 Å². The number of halogens is 1. The predicted octanol–water partition coefficient (Wildman–Crippen LogP) is 3.44. The molecule has 0 aliphatic carbocycles. The number of benzene rings is 2. The summed E-state index contributed by atoms with van der Waals surface area (Å²) in [5.41, 5.74) is 8.28.